The van der Waals surface area contributed by atoms with Crippen LogP contribution in [0.3, 0.4) is 0 Å². The highest BCUT2D eigenvalue weighted by Crippen LogP contribution is 2.28. The van der Waals surface area contributed by atoms with Crippen LogP contribution in [0, 0.1) is 5.82 Å². The minimum atomic E-state index is -3.75. The SMILES string of the molecule is COc1ccc(NC(=O)Cc2ccccc2F)cc1S(=O)(=O)N(C)C. The normalized spacial score (nSPS) is 11.4. The van der Waals surface area contributed by atoms with Gasteiger partial charge in [-0.25, -0.2) is 17.1 Å². The molecule has 25 heavy (non-hydrogen) atoms. The quantitative estimate of drug-likeness (QED) is 0.851. The van der Waals surface area contributed by atoms with Crippen molar-refractivity contribution in [3.8, 4) is 5.75 Å². The predicted molar refractivity (Wildman–Crippen MR) is 92.6 cm³/mol. The molecule has 2 aromatic carbocycles. The summed E-state index contributed by atoms with van der Waals surface area (Å²) in [6.07, 6.45) is -0.158. The zero-order valence-corrected chi connectivity index (χ0v) is 14.9. The molecule has 1 N–H and O–H groups in total. The fourth-order valence-corrected chi connectivity index (χ4v) is 3.25. The molecule has 0 saturated heterocycles. The predicted octanol–water partition coefficient (Wildman–Crippen LogP) is 2.27. The van der Waals surface area contributed by atoms with Crippen LogP contribution in [0.5, 0.6) is 5.75 Å². The van der Waals surface area contributed by atoms with Crippen LogP contribution in [0.25, 0.3) is 0 Å². The molecule has 2 aromatic rings. The molecule has 2 rings (SSSR count). The van der Waals surface area contributed by atoms with Crippen molar-refractivity contribution in [1.29, 1.82) is 0 Å². The Morgan fingerprint density at radius 1 is 1.20 bits per heavy atom. The number of benzene rings is 2. The van der Waals surface area contributed by atoms with E-state index in [4.69, 9.17) is 4.74 Å². The van der Waals surface area contributed by atoms with Crippen molar-refractivity contribution in [2.24, 2.45) is 0 Å². The lowest BCUT2D eigenvalue weighted by atomic mass is 10.1. The third-order valence-corrected chi connectivity index (χ3v) is 5.35. The molecule has 0 aliphatic heterocycles. The minimum absolute atomic E-state index is 0.0660. The maximum absolute atomic E-state index is 13.6. The summed E-state index contributed by atoms with van der Waals surface area (Å²) in [5, 5.41) is 2.58. The number of rotatable bonds is 6. The summed E-state index contributed by atoms with van der Waals surface area (Å²) >= 11 is 0. The van der Waals surface area contributed by atoms with E-state index >= 15 is 0 Å². The fraction of sp³-hybridized carbons (Fsp3) is 0.235. The van der Waals surface area contributed by atoms with Gasteiger partial charge in [-0.1, -0.05) is 18.2 Å². The van der Waals surface area contributed by atoms with E-state index in [2.05, 4.69) is 5.32 Å². The molecule has 8 heteroatoms. The summed E-state index contributed by atoms with van der Waals surface area (Å²) in [6.45, 7) is 0. The van der Waals surface area contributed by atoms with Gasteiger partial charge in [0.1, 0.15) is 16.5 Å². The number of carbonyl (C=O) groups is 1. The minimum Gasteiger partial charge on any atom is -0.495 e. The van der Waals surface area contributed by atoms with Crippen LogP contribution in [-0.4, -0.2) is 39.8 Å². The van der Waals surface area contributed by atoms with Gasteiger partial charge in [0.2, 0.25) is 15.9 Å². The summed E-state index contributed by atoms with van der Waals surface area (Å²) < 4.78 is 44.5. The lowest BCUT2D eigenvalue weighted by molar-refractivity contribution is -0.115. The molecule has 0 saturated carbocycles. The van der Waals surface area contributed by atoms with Gasteiger partial charge in [-0.2, -0.15) is 0 Å². The lowest BCUT2D eigenvalue weighted by Gasteiger charge is -2.16. The van der Waals surface area contributed by atoms with E-state index in [-0.39, 0.29) is 28.3 Å². The van der Waals surface area contributed by atoms with E-state index in [9.17, 15) is 17.6 Å². The topological polar surface area (TPSA) is 75.7 Å². The van der Waals surface area contributed by atoms with E-state index in [0.717, 1.165) is 4.31 Å². The summed E-state index contributed by atoms with van der Waals surface area (Å²) in [4.78, 5) is 12.0. The largest absolute Gasteiger partial charge is 0.495 e. The number of nitrogens with zero attached hydrogens (tertiary/aromatic N) is 1. The Labute approximate surface area is 146 Å². The third-order valence-electron chi connectivity index (χ3n) is 3.51. The lowest BCUT2D eigenvalue weighted by Crippen LogP contribution is -2.23. The molecule has 0 radical (unpaired) electrons. The van der Waals surface area contributed by atoms with Crippen molar-refractivity contribution in [3.05, 3.63) is 53.8 Å². The average molecular weight is 366 g/mol. The van der Waals surface area contributed by atoms with Crippen molar-refractivity contribution < 1.29 is 22.3 Å². The van der Waals surface area contributed by atoms with Crippen molar-refractivity contribution in [2.75, 3.05) is 26.5 Å². The van der Waals surface area contributed by atoms with Crippen LogP contribution >= 0.6 is 0 Å². The molecular formula is C17H19FN2O4S. The maximum Gasteiger partial charge on any atom is 0.246 e. The molecule has 0 aliphatic carbocycles. The number of anilines is 1. The zero-order valence-electron chi connectivity index (χ0n) is 14.1. The smallest absolute Gasteiger partial charge is 0.246 e. The van der Waals surface area contributed by atoms with Gasteiger partial charge in [0.05, 0.1) is 13.5 Å². The molecule has 0 aliphatic rings. The van der Waals surface area contributed by atoms with Crippen LogP contribution < -0.4 is 10.1 Å². The number of hydrogen-bond donors (Lipinski definition) is 1. The molecular weight excluding hydrogens is 347 g/mol. The molecule has 0 bridgehead atoms. The molecule has 134 valence electrons. The summed E-state index contributed by atoms with van der Waals surface area (Å²) in [7, 11) is 0.417. The highest BCUT2D eigenvalue weighted by atomic mass is 32.2. The molecule has 1 amide bonds. The monoisotopic (exact) mass is 366 g/mol. The number of sulfonamides is 1. The van der Waals surface area contributed by atoms with Crippen LogP contribution in [0.1, 0.15) is 5.56 Å². The van der Waals surface area contributed by atoms with Crippen molar-refractivity contribution >= 4 is 21.6 Å². The molecule has 0 aromatic heterocycles. The van der Waals surface area contributed by atoms with Gasteiger partial charge in [0.25, 0.3) is 0 Å². The number of ether oxygens (including phenoxy) is 1. The molecule has 0 atom stereocenters. The number of amides is 1. The van der Waals surface area contributed by atoms with Gasteiger partial charge in [0, 0.05) is 19.8 Å². The summed E-state index contributed by atoms with van der Waals surface area (Å²) in [5.41, 5.74) is 0.539. The first kappa shape index (κ1) is 18.9. The standard InChI is InChI=1S/C17H19FN2O4S/c1-20(2)25(22,23)16-11-13(8-9-15(16)24-3)19-17(21)10-12-6-4-5-7-14(12)18/h4-9,11H,10H2,1-3H3,(H,19,21). The first-order chi connectivity index (χ1) is 11.8. The highest BCUT2D eigenvalue weighted by Gasteiger charge is 2.23. The van der Waals surface area contributed by atoms with Crippen LogP contribution in [-0.2, 0) is 21.2 Å². The second kappa shape index (κ2) is 7.62. The number of nitrogens with one attached hydrogen (secondary N) is 1. The molecule has 0 heterocycles. The van der Waals surface area contributed by atoms with Gasteiger partial charge >= 0.3 is 0 Å². The molecule has 0 fully saturated rings. The summed E-state index contributed by atoms with van der Waals surface area (Å²) in [6, 6.07) is 10.3. The number of methoxy groups -OCH3 is 1. The number of carbonyl (C=O) groups excluding carboxylic acids is 1. The Bertz CT molecular complexity index is 882. The van der Waals surface area contributed by atoms with Crippen molar-refractivity contribution in [2.45, 2.75) is 11.3 Å². The van der Waals surface area contributed by atoms with Crippen LogP contribution in [0.4, 0.5) is 10.1 Å². The fourth-order valence-electron chi connectivity index (χ4n) is 2.17. The Morgan fingerprint density at radius 3 is 2.48 bits per heavy atom. The van der Waals surface area contributed by atoms with Crippen molar-refractivity contribution in [1.82, 2.24) is 4.31 Å². The second-order valence-corrected chi connectivity index (χ2v) is 7.59. The average Bonchev–Trinajstić information content (AvgIpc) is 2.56. The van der Waals surface area contributed by atoms with Crippen LogP contribution in [0.15, 0.2) is 47.4 Å². The summed E-state index contributed by atoms with van der Waals surface area (Å²) in [5.74, 6) is -0.757. The van der Waals surface area contributed by atoms with Crippen LogP contribution in [0.2, 0.25) is 0 Å². The number of hydrogen-bond acceptors (Lipinski definition) is 4. The van der Waals surface area contributed by atoms with Crippen molar-refractivity contribution in [3.63, 3.8) is 0 Å². The van der Waals surface area contributed by atoms with E-state index in [1.165, 1.54) is 51.5 Å². The van der Waals surface area contributed by atoms with Gasteiger partial charge in [-0.05, 0) is 29.8 Å². The first-order valence-corrected chi connectivity index (χ1v) is 8.83. The van der Waals surface area contributed by atoms with E-state index < -0.39 is 21.7 Å². The molecule has 0 spiro atoms. The van der Waals surface area contributed by atoms with Gasteiger partial charge in [0.15, 0.2) is 0 Å². The Morgan fingerprint density at radius 2 is 1.88 bits per heavy atom. The van der Waals surface area contributed by atoms with Gasteiger partial charge in [-0.3, -0.25) is 4.79 Å². The molecule has 6 nitrogen and oxygen atoms in total. The van der Waals surface area contributed by atoms with E-state index in [0.29, 0.717) is 0 Å². The molecule has 0 unspecified atom stereocenters. The van der Waals surface area contributed by atoms with E-state index in [1.54, 1.807) is 12.1 Å². The highest BCUT2D eigenvalue weighted by molar-refractivity contribution is 7.89. The van der Waals surface area contributed by atoms with Gasteiger partial charge < -0.3 is 10.1 Å². The van der Waals surface area contributed by atoms with E-state index in [1.807, 2.05) is 0 Å². The zero-order chi connectivity index (χ0) is 18.6. The van der Waals surface area contributed by atoms with Gasteiger partial charge in [-0.15, -0.1) is 0 Å². The Hall–Kier alpha value is -2.45. The number of halogens is 1. The second-order valence-electron chi connectivity index (χ2n) is 5.47. The Kier molecular flexibility index (Phi) is 5.76. The Balaban J connectivity index is 2.26. The first-order valence-electron chi connectivity index (χ1n) is 7.39. The maximum atomic E-state index is 13.6. The third kappa shape index (κ3) is 4.34.